The molecule has 0 radical (unpaired) electrons. The highest BCUT2D eigenvalue weighted by molar-refractivity contribution is 5.69. The summed E-state index contributed by atoms with van der Waals surface area (Å²) in [4.78, 5) is 13.2. The Labute approximate surface area is 275 Å². The molecule has 0 heterocycles. The summed E-state index contributed by atoms with van der Waals surface area (Å²) >= 11 is 0. The van der Waals surface area contributed by atoms with Crippen molar-refractivity contribution in [3.8, 4) is 0 Å². The van der Waals surface area contributed by atoms with E-state index in [0.29, 0.717) is 11.8 Å². The Bertz CT molecular complexity index is 834. The summed E-state index contributed by atoms with van der Waals surface area (Å²) in [5.74, 6) is 6.02. The van der Waals surface area contributed by atoms with Crippen LogP contribution in [0.5, 0.6) is 0 Å². The number of carbonyl (C=O) groups excluding carboxylic acids is 1. The van der Waals surface area contributed by atoms with Crippen LogP contribution in [0.1, 0.15) is 202 Å². The second-order valence-electron chi connectivity index (χ2n) is 17.6. The highest BCUT2D eigenvalue weighted by atomic mass is 16.5. The summed E-state index contributed by atoms with van der Waals surface area (Å²) in [7, 11) is 0. The van der Waals surface area contributed by atoms with E-state index in [0.717, 1.165) is 54.3 Å². The lowest BCUT2D eigenvalue weighted by Gasteiger charge is -2.62. The molecule has 4 aliphatic rings. The molecule has 0 aliphatic heterocycles. The predicted molar refractivity (Wildman–Crippen MR) is 189 cm³/mol. The second kappa shape index (κ2) is 17.6. The summed E-state index contributed by atoms with van der Waals surface area (Å²) < 4.78 is 6.53. The van der Waals surface area contributed by atoms with Crippen LogP contribution in [-0.4, -0.2) is 12.1 Å². The molecule has 2 nitrogen and oxygen atoms in total. The first-order valence-corrected chi connectivity index (χ1v) is 20.4. The average Bonchev–Trinajstić information content (AvgIpc) is 3.35. The van der Waals surface area contributed by atoms with Crippen molar-refractivity contribution in [1.82, 2.24) is 0 Å². The van der Waals surface area contributed by atoms with E-state index in [1.165, 1.54) is 141 Å². The summed E-state index contributed by atoms with van der Waals surface area (Å²) in [6, 6.07) is 0. The largest absolute Gasteiger partial charge is 0.462 e. The molecule has 4 aliphatic carbocycles. The van der Waals surface area contributed by atoms with Crippen LogP contribution in [0.3, 0.4) is 0 Å². The smallest absolute Gasteiger partial charge is 0.306 e. The van der Waals surface area contributed by atoms with Gasteiger partial charge in [0.1, 0.15) is 6.10 Å². The molecule has 0 aromatic carbocycles. The van der Waals surface area contributed by atoms with Gasteiger partial charge >= 0.3 is 5.97 Å². The fraction of sp³-hybridized carbons (Fsp3) is 0.976. The lowest BCUT2D eigenvalue weighted by atomic mass is 9.44. The van der Waals surface area contributed by atoms with Crippen molar-refractivity contribution in [2.24, 2.45) is 52.3 Å². The SMILES string of the molecule is CCCCCCCCCCCCCCC(=O)OC1CCC[C@@H]2CC[C@@H]3[C@@H]4CC[C@@H]([C@@H](C)CCCC(C)C)[C@@]4(C)CC[C@@H]3[C@@]12C. The van der Waals surface area contributed by atoms with Crippen LogP contribution in [0.15, 0.2) is 0 Å². The first-order chi connectivity index (χ1) is 21.2. The molecule has 256 valence electrons. The van der Waals surface area contributed by atoms with Crippen LogP contribution in [0, 0.1) is 52.3 Å². The topological polar surface area (TPSA) is 26.3 Å². The Kier molecular flexibility index (Phi) is 14.5. The number of hydrogen-bond acceptors (Lipinski definition) is 2. The Hall–Kier alpha value is -0.530. The molecule has 0 spiro atoms. The number of fused-ring (bicyclic) bond motifs is 5. The van der Waals surface area contributed by atoms with E-state index in [1.807, 2.05) is 0 Å². The van der Waals surface area contributed by atoms with Gasteiger partial charge in [-0.3, -0.25) is 4.79 Å². The van der Waals surface area contributed by atoms with Crippen molar-refractivity contribution in [1.29, 1.82) is 0 Å². The van der Waals surface area contributed by atoms with Crippen LogP contribution < -0.4 is 0 Å². The number of unbranched alkanes of at least 4 members (excludes halogenated alkanes) is 11. The van der Waals surface area contributed by atoms with E-state index in [9.17, 15) is 4.79 Å². The van der Waals surface area contributed by atoms with Gasteiger partial charge in [0.25, 0.3) is 0 Å². The van der Waals surface area contributed by atoms with E-state index >= 15 is 0 Å². The zero-order chi connectivity index (χ0) is 31.6. The second-order valence-corrected chi connectivity index (χ2v) is 17.6. The average molecular weight is 613 g/mol. The third kappa shape index (κ3) is 8.88. The highest BCUT2D eigenvalue weighted by Crippen LogP contribution is 2.68. The third-order valence-corrected chi connectivity index (χ3v) is 14.4. The minimum atomic E-state index is 0.114. The fourth-order valence-electron chi connectivity index (χ4n) is 11.8. The number of rotatable bonds is 19. The molecular formula is C42H76O2. The molecule has 4 saturated carbocycles. The van der Waals surface area contributed by atoms with Gasteiger partial charge in [0, 0.05) is 11.8 Å². The lowest BCUT2D eigenvalue weighted by Crippen LogP contribution is -2.58. The quantitative estimate of drug-likeness (QED) is 0.107. The molecule has 4 rings (SSSR count). The lowest BCUT2D eigenvalue weighted by molar-refractivity contribution is -0.192. The normalized spacial score (nSPS) is 35.6. The van der Waals surface area contributed by atoms with Crippen molar-refractivity contribution in [2.75, 3.05) is 0 Å². The maximum absolute atomic E-state index is 13.2. The summed E-state index contributed by atoms with van der Waals surface area (Å²) in [5.41, 5.74) is 0.743. The van der Waals surface area contributed by atoms with Crippen molar-refractivity contribution in [2.45, 2.75) is 208 Å². The van der Waals surface area contributed by atoms with Crippen LogP contribution in [-0.2, 0) is 9.53 Å². The van der Waals surface area contributed by atoms with Gasteiger partial charge in [-0.2, -0.15) is 0 Å². The molecule has 2 heteroatoms. The number of hydrogen-bond donors (Lipinski definition) is 0. The minimum Gasteiger partial charge on any atom is -0.462 e. The monoisotopic (exact) mass is 613 g/mol. The molecule has 0 N–H and O–H groups in total. The predicted octanol–water partition coefficient (Wildman–Crippen LogP) is 13.1. The summed E-state index contributed by atoms with van der Waals surface area (Å²) in [6.07, 6.45) is 33.3. The van der Waals surface area contributed by atoms with Crippen LogP contribution >= 0.6 is 0 Å². The van der Waals surface area contributed by atoms with E-state index < -0.39 is 0 Å². The minimum absolute atomic E-state index is 0.114. The number of esters is 1. The van der Waals surface area contributed by atoms with E-state index in [1.54, 1.807) is 0 Å². The van der Waals surface area contributed by atoms with Gasteiger partial charge in [-0.25, -0.2) is 0 Å². The molecular weight excluding hydrogens is 536 g/mol. The number of carbonyl (C=O) groups is 1. The molecule has 4 fully saturated rings. The molecule has 0 bridgehead atoms. The molecule has 0 amide bonds. The Balaban J connectivity index is 1.23. The Morgan fingerprint density at radius 1 is 0.705 bits per heavy atom. The van der Waals surface area contributed by atoms with Gasteiger partial charge in [-0.05, 0) is 111 Å². The molecule has 0 aromatic heterocycles. The third-order valence-electron chi connectivity index (χ3n) is 14.4. The Morgan fingerprint density at radius 2 is 1.36 bits per heavy atom. The maximum Gasteiger partial charge on any atom is 0.306 e. The molecule has 9 atom stereocenters. The van der Waals surface area contributed by atoms with Gasteiger partial charge in [0.2, 0.25) is 0 Å². The van der Waals surface area contributed by atoms with Gasteiger partial charge in [0.05, 0.1) is 0 Å². The van der Waals surface area contributed by atoms with Crippen molar-refractivity contribution in [3.63, 3.8) is 0 Å². The Morgan fingerprint density at radius 3 is 2.02 bits per heavy atom. The van der Waals surface area contributed by atoms with Crippen molar-refractivity contribution < 1.29 is 9.53 Å². The van der Waals surface area contributed by atoms with Crippen molar-refractivity contribution >= 4 is 5.97 Å². The fourth-order valence-corrected chi connectivity index (χ4v) is 11.8. The van der Waals surface area contributed by atoms with Crippen molar-refractivity contribution in [3.05, 3.63) is 0 Å². The van der Waals surface area contributed by atoms with E-state index in [2.05, 4.69) is 41.5 Å². The number of ether oxygens (including phenoxy) is 1. The first-order valence-electron chi connectivity index (χ1n) is 20.4. The van der Waals surface area contributed by atoms with Crippen LogP contribution in [0.4, 0.5) is 0 Å². The molecule has 44 heavy (non-hydrogen) atoms. The zero-order valence-electron chi connectivity index (χ0n) is 30.6. The van der Waals surface area contributed by atoms with Crippen LogP contribution in [0.2, 0.25) is 0 Å². The summed E-state index contributed by atoms with van der Waals surface area (Å²) in [5, 5.41) is 0. The first kappa shape index (κ1) is 36.3. The summed E-state index contributed by atoms with van der Waals surface area (Å²) in [6.45, 7) is 15.0. The maximum atomic E-state index is 13.2. The van der Waals surface area contributed by atoms with Gasteiger partial charge in [0.15, 0.2) is 0 Å². The van der Waals surface area contributed by atoms with Gasteiger partial charge in [-0.15, -0.1) is 0 Å². The van der Waals surface area contributed by atoms with E-state index in [-0.39, 0.29) is 17.5 Å². The molecule has 1 unspecified atom stereocenters. The highest BCUT2D eigenvalue weighted by Gasteiger charge is 2.62. The molecule has 0 aromatic rings. The van der Waals surface area contributed by atoms with Gasteiger partial charge < -0.3 is 4.74 Å². The standard InChI is InChI=1S/C42H76O2/c1-7-8-9-10-11-12-13-14-15-16-17-18-25-40(43)44-39-24-20-23-34-26-27-35-37-29-28-36(33(4)22-19-21-32(2)3)41(37,5)31-30-38(35)42(34,39)6/h32-39H,7-31H2,1-6H3/t33-,34+,35+,36-,37-,38-,39?,41+,42-/m0/s1. The van der Waals surface area contributed by atoms with E-state index in [4.69, 9.17) is 4.74 Å². The van der Waals surface area contributed by atoms with Crippen LogP contribution in [0.25, 0.3) is 0 Å². The van der Waals surface area contributed by atoms with Gasteiger partial charge in [-0.1, -0.05) is 131 Å². The molecule has 0 saturated heterocycles. The zero-order valence-corrected chi connectivity index (χ0v) is 30.6.